The Morgan fingerprint density at radius 3 is 1.37 bits per heavy atom. The second kappa shape index (κ2) is 26.3. The predicted octanol–water partition coefficient (Wildman–Crippen LogP) is 5.29. The van der Waals surface area contributed by atoms with Gasteiger partial charge in [0.2, 0.25) is 11.9 Å². The van der Waals surface area contributed by atoms with E-state index in [9.17, 15) is 44.1 Å². The molecule has 20 nitrogen and oxygen atoms in total. The summed E-state index contributed by atoms with van der Waals surface area (Å²) in [6.45, 7) is 7.02. The van der Waals surface area contributed by atoms with Crippen LogP contribution in [0.15, 0.2) is 95.7 Å². The number of aromatic nitrogens is 4. The Balaban J connectivity index is 0.000000264. The number of hydrogen-bond donors (Lipinski definition) is 9. The van der Waals surface area contributed by atoms with Crippen LogP contribution >= 0.6 is 22.7 Å². The lowest BCUT2D eigenvalue weighted by atomic mass is 10.1. The molecule has 4 amide bonds. The van der Waals surface area contributed by atoms with Crippen molar-refractivity contribution in [2.24, 2.45) is 0 Å². The molecule has 0 radical (unpaired) electrons. The van der Waals surface area contributed by atoms with E-state index in [-0.39, 0.29) is 41.6 Å². The number of phenolic OH excluding ortho intramolecular Hbond substituents is 2. The third kappa shape index (κ3) is 16.3. The molecular formula is C49H52N10O10S2. The van der Waals surface area contributed by atoms with Crippen LogP contribution in [-0.4, -0.2) is 116 Å². The third-order valence-electron chi connectivity index (χ3n) is 9.93. The zero-order chi connectivity index (χ0) is 51.5. The van der Waals surface area contributed by atoms with Crippen LogP contribution in [0.3, 0.4) is 0 Å². The average molecular weight is 1010 g/mol. The molecule has 2 atom stereocenters. The molecule has 0 saturated carbocycles. The highest BCUT2D eigenvalue weighted by molar-refractivity contribution is 7.12. The number of nitrogens with zero attached hydrogens (tertiary/aromatic N) is 4. The summed E-state index contributed by atoms with van der Waals surface area (Å²) in [6, 6.07) is 18.0. The number of methoxy groups -OCH3 is 1. The number of nitrogens with one attached hydrogen (secondary N) is 6. The second-order valence-corrected chi connectivity index (χ2v) is 17.1. The van der Waals surface area contributed by atoms with E-state index < -0.39 is 41.7 Å². The van der Waals surface area contributed by atoms with Gasteiger partial charge in [0, 0.05) is 26.2 Å². The summed E-state index contributed by atoms with van der Waals surface area (Å²) in [6.07, 6.45) is 7.37. The van der Waals surface area contributed by atoms with Crippen LogP contribution in [0.2, 0.25) is 0 Å². The van der Waals surface area contributed by atoms with Crippen molar-refractivity contribution >= 4 is 82.3 Å². The van der Waals surface area contributed by atoms with Gasteiger partial charge >= 0.3 is 11.9 Å². The fourth-order valence-electron chi connectivity index (χ4n) is 6.57. The lowest BCUT2D eigenvalue weighted by molar-refractivity contribution is -0.142. The highest BCUT2D eigenvalue weighted by Gasteiger charge is 2.27. The third-order valence-corrected chi connectivity index (χ3v) is 11.7. The molecule has 6 rings (SSSR count). The van der Waals surface area contributed by atoms with E-state index in [0.29, 0.717) is 57.5 Å². The number of aromatic hydroxyl groups is 2. The Hall–Kier alpha value is -8.50. The number of phenols is 2. The van der Waals surface area contributed by atoms with E-state index >= 15 is 0 Å². The lowest BCUT2D eigenvalue weighted by Gasteiger charge is -2.18. The zero-order valence-corrected chi connectivity index (χ0v) is 40.8. The number of ether oxygens (including phenoxy) is 1. The summed E-state index contributed by atoms with van der Waals surface area (Å²) in [5, 5.41) is 48.3. The molecule has 4 heterocycles. The van der Waals surface area contributed by atoms with E-state index in [0.717, 1.165) is 11.1 Å². The van der Waals surface area contributed by atoms with Crippen molar-refractivity contribution < 1.29 is 48.8 Å². The highest BCUT2D eigenvalue weighted by atomic mass is 32.1. The molecule has 0 aliphatic heterocycles. The zero-order valence-electron chi connectivity index (χ0n) is 39.2. The first kappa shape index (κ1) is 53.5. The first-order chi connectivity index (χ1) is 34.0. The fraction of sp³-hybridized carbons (Fsp3) is 0.224. The van der Waals surface area contributed by atoms with Gasteiger partial charge in [0.1, 0.15) is 23.6 Å². The molecule has 6 aromatic rings. The quantitative estimate of drug-likeness (QED) is 0.0439. The largest absolute Gasteiger partial charge is 0.508 e. The molecule has 22 heteroatoms. The molecule has 0 aliphatic carbocycles. The summed E-state index contributed by atoms with van der Waals surface area (Å²) in [5.74, 6) is -2.91. The number of carbonyl (C=O) groups is 6. The number of benzene rings is 2. The van der Waals surface area contributed by atoms with Crippen molar-refractivity contribution in [3.05, 3.63) is 150 Å². The molecule has 0 spiro atoms. The maximum atomic E-state index is 13.0. The smallest absolute Gasteiger partial charge is 0.330 e. The topological polar surface area (TPSA) is 296 Å². The summed E-state index contributed by atoms with van der Waals surface area (Å²) in [4.78, 5) is 92.2. The number of aliphatic carboxylic acids is 1. The Morgan fingerprint density at radius 1 is 0.592 bits per heavy atom. The highest BCUT2D eigenvalue weighted by Crippen LogP contribution is 2.17. The van der Waals surface area contributed by atoms with Crippen molar-refractivity contribution in [1.29, 1.82) is 0 Å². The molecule has 0 saturated heterocycles. The van der Waals surface area contributed by atoms with Gasteiger partial charge in [-0.25, -0.2) is 29.5 Å². The summed E-state index contributed by atoms with van der Waals surface area (Å²) in [5.41, 5.74) is 3.69. The van der Waals surface area contributed by atoms with Gasteiger partial charge in [-0.05, 0) is 86.0 Å². The van der Waals surface area contributed by atoms with Gasteiger partial charge in [-0.3, -0.25) is 19.2 Å². The van der Waals surface area contributed by atoms with Crippen LogP contribution in [0.1, 0.15) is 74.0 Å². The maximum Gasteiger partial charge on any atom is 0.330 e. The van der Waals surface area contributed by atoms with Crippen LogP contribution in [-0.2, 0) is 14.3 Å². The lowest BCUT2D eigenvalue weighted by Crippen LogP contribution is -2.49. The molecule has 2 aromatic carbocycles. The number of rotatable bonds is 20. The average Bonchev–Trinajstić information content (AvgIpc) is 4.08. The van der Waals surface area contributed by atoms with Gasteiger partial charge in [-0.15, -0.1) is 22.7 Å². The van der Waals surface area contributed by atoms with Crippen LogP contribution in [0.25, 0.3) is 12.2 Å². The van der Waals surface area contributed by atoms with Crippen LogP contribution in [0.4, 0.5) is 11.9 Å². The standard InChI is InChI=1S/C25H27N5O5S.C24H25N5O5S/c1-15-21(16(2)29-25(28-15)26-11-5-8-17-7-4-9-18(31)13-17)23(33)30-19(24(34)35-3)14-27-22(32)20-10-6-12-36-20;1-14-20(22(32)29-18(23(33)34)13-26-21(31)19-9-5-11-35-19)15(2)28-24(27-14)25-10-4-7-16-6-3-8-17(30)12-16/h4-10,12-13,19,31H,11,14H2,1-3H3,(H,27,32)(H,30,33)(H,26,28,29);3-9,11-12,18,30H,10,13H2,1-2H3,(H,26,31)(H,29,32)(H,33,34)(H,25,27,28)/b8-5-;7-4-/t19-;18-/m00/s1. The van der Waals surface area contributed by atoms with Gasteiger partial charge in [0.05, 0.1) is 50.8 Å². The molecule has 370 valence electrons. The SMILES string of the molecule is COC(=O)[C@H](CNC(=O)c1cccs1)NC(=O)c1c(C)nc(NC/C=C\c2cccc(O)c2)nc1C.Cc1nc(NC/C=C\c2cccc(O)c2)nc(C)c1C(=O)N[C@@H](CNC(=O)c1cccs1)C(=O)O. The van der Waals surface area contributed by atoms with Crippen LogP contribution < -0.4 is 31.9 Å². The number of carboxylic acid groups (broad SMARTS) is 1. The van der Waals surface area contributed by atoms with Crippen LogP contribution in [0, 0.1) is 27.7 Å². The minimum atomic E-state index is -1.33. The molecule has 0 fully saturated rings. The van der Waals surface area contributed by atoms with Crippen molar-refractivity contribution in [3.63, 3.8) is 0 Å². The van der Waals surface area contributed by atoms with E-state index in [2.05, 4.69) is 51.8 Å². The number of amides is 4. The summed E-state index contributed by atoms with van der Waals surface area (Å²) in [7, 11) is 1.21. The van der Waals surface area contributed by atoms with Gasteiger partial charge in [0.15, 0.2) is 0 Å². The Morgan fingerprint density at radius 2 is 1.00 bits per heavy atom. The summed E-state index contributed by atoms with van der Waals surface area (Å²) < 4.78 is 4.78. The van der Waals surface area contributed by atoms with Crippen molar-refractivity contribution in [1.82, 2.24) is 41.2 Å². The fourth-order valence-corrected chi connectivity index (χ4v) is 7.85. The molecule has 0 unspecified atom stereocenters. The first-order valence-corrected chi connectivity index (χ1v) is 23.4. The van der Waals surface area contributed by atoms with Gasteiger partial charge in [-0.2, -0.15) is 0 Å². The van der Waals surface area contributed by atoms with Gasteiger partial charge in [-0.1, -0.05) is 60.7 Å². The first-order valence-electron chi connectivity index (χ1n) is 21.7. The number of esters is 1. The number of carbonyl (C=O) groups excluding carboxylic acids is 5. The summed E-state index contributed by atoms with van der Waals surface area (Å²) >= 11 is 2.50. The number of aryl methyl sites for hydroxylation is 4. The molecule has 0 aliphatic rings. The van der Waals surface area contributed by atoms with Crippen molar-refractivity contribution in [3.8, 4) is 11.5 Å². The number of hydrogen-bond acceptors (Lipinski definition) is 17. The monoisotopic (exact) mass is 1000 g/mol. The Bertz CT molecular complexity index is 2840. The van der Waals surface area contributed by atoms with Crippen molar-refractivity contribution in [2.75, 3.05) is 43.9 Å². The minimum absolute atomic E-state index is 0.140. The number of thiophene rings is 2. The Labute approximate surface area is 416 Å². The number of anilines is 2. The predicted molar refractivity (Wildman–Crippen MR) is 270 cm³/mol. The molecule has 9 N–H and O–H groups in total. The van der Waals surface area contributed by atoms with Gasteiger partial charge in [0.25, 0.3) is 23.6 Å². The van der Waals surface area contributed by atoms with Gasteiger partial charge < -0.3 is 52.0 Å². The molecule has 0 bridgehead atoms. The van der Waals surface area contributed by atoms with E-state index in [1.54, 1.807) is 99.1 Å². The molecular weight excluding hydrogens is 953 g/mol. The van der Waals surface area contributed by atoms with Crippen molar-refractivity contribution in [2.45, 2.75) is 39.8 Å². The normalized spacial score (nSPS) is 11.7. The van der Waals surface area contributed by atoms with E-state index in [1.807, 2.05) is 36.4 Å². The Kier molecular flexibility index (Phi) is 19.8. The second-order valence-electron chi connectivity index (χ2n) is 15.2. The molecule has 4 aromatic heterocycles. The van der Waals surface area contributed by atoms with Crippen LogP contribution in [0.5, 0.6) is 11.5 Å². The molecule has 71 heavy (non-hydrogen) atoms. The maximum absolute atomic E-state index is 13.0. The number of carboxylic acids is 1. The van der Waals surface area contributed by atoms with E-state index in [1.165, 1.54) is 29.8 Å². The minimum Gasteiger partial charge on any atom is -0.508 e. The van der Waals surface area contributed by atoms with E-state index in [4.69, 9.17) is 4.74 Å².